The first-order chi connectivity index (χ1) is 12.6. The van der Waals surface area contributed by atoms with Crippen LogP contribution >= 0.6 is 0 Å². The van der Waals surface area contributed by atoms with Gasteiger partial charge in [-0.05, 0) is 36.5 Å². The zero-order chi connectivity index (χ0) is 18.4. The smallest absolute Gasteiger partial charge is 0.410 e. The fourth-order valence-corrected chi connectivity index (χ4v) is 3.05. The normalized spacial score (nSPS) is 16.3. The Balaban J connectivity index is 1.54. The number of amides is 1. The summed E-state index contributed by atoms with van der Waals surface area (Å²) in [6, 6.07) is 16.7. The van der Waals surface area contributed by atoms with Gasteiger partial charge in [0.2, 0.25) is 0 Å². The Morgan fingerprint density at radius 1 is 1.00 bits per heavy atom. The molecule has 0 aliphatic carbocycles. The molecule has 1 aliphatic rings. The average molecular weight is 353 g/mol. The fraction of sp³-hybridized carbons (Fsp3) is 0.333. The third-order valence-electron chi connectivity index (χ3n) is 4.60. The minimum Gasteiger partial charge on any atom is -0.459 e. The van der Waals surface area contributed by atoms with Gasteiger partial charge in [-0.1, -0.05) is 54.6 Å². The molecule has 0 aromatic heterocycles. The van der Waals surface area contributed by atoms with E-state index in [9.17, 15) is 9.59 Å². The third-order valence-corrected chi connectivity index (χ3v) is 4.60. The van der Waals surface area contributed by atoms with Gasteiger partial charge in [-0.3, -0.25) is 4.90 Å². The van der Waals surface area contributed by atoms with Gasteiger partial charge >= 0.3 is 12.1 Å². The fourth-order valence-electron chi connectivity index (χ4n) is 3.05. The molecule has 1 heterocycles. The van der Waals surface area contributed by atoms with Crippen LogP contribution in [0.15, 0.2) is 54.6 Å². The van der Waals surface area contributed by atoms with Gasteiger partial charge < -0.3 is 9.47 Å². The van der Waals surface area contributed by atoms with E-state index >= 15 is 0 Å². The van der Waals surface area contributed by atoms with E-state index in [2.05, 4.69) is 0 Å². The number of benzene rings is 2. The summed E-state index contributed by atoms with van der Waals surface area (Å²) in [5.74, 6) is -0.373. The van der Waals surface area contributed by atoms with Crippen molar-refractivity contribution in [2.24, 2.45) is 0 Å². The van der Waals surface area contributed by atoms with Crippen LogP contribution in [0.2, 0.25) is 0 Å². The first kappa shape index (κ1) is 18.0. The number of aryl methyl sites for hydroxylation is 1. The largest absolute Gasteiger partial charge is 0.459 e. The monoisotopic (exact) mass is 353 g/mol. The predicted molar refractivity (Wildman–Crippen MR) is 97.3 cm³/mol. The Hall–Kier alpha value is -2.82. The standard InChI is InChI=1S/C21H23NO4/c1-16-8-5-6-11-18(16)15-25-20(23)19-12-7-13-22(19)21(24)26-14-17-9-3-2-4-10-17/h2-6,8-11,19H,7,12-15H2,1H3/t19-/m1/s1. The van der Waals surface area contributed by atoms with Crippen LogP contribution in [-0.2, 0) is 27.5 Å². The molecule has 0 saturated carbocycles. The van der Waals surface area contributed by atoms with Crippen molar-refractivity contribution in [2.75, 3.05) is 6.54 Å². The van der Waals surface area contributed by atoms with E-state index in [1.807, 2.05) is 61.5 Å². The van der Waals surface area contributed by atoms with Crippen LogP contribution in [0.5, 0.6) is 0 Å². The van der Waals surface area contributed by atoms with Crippen LogP contribution in [0.1, 0.15) is 29.5 Å². The quantitative estimate of drug-likeness (QED) is 0.767. The molecular formula is C21H23NO4. The average Bonchev–Trinajstić information content (AvgIpc) is 3.16. The first-order valence-corrected chi connectivity index (χ1v) is 8.83. The van der Waals surface area contributed by atoms with Gasteiger partial charge in [-0.2, -0.15) is 0 Å². The van der Waals surface area contributed by atoms with Gasteiger partial charge in [0.15, 0.2) is 0 Å². The molecule has 0 spiro atoms. The maximum absolute atomic E-state index is 12.4. The van der Waals surface area contributed by atoms with Crippen LogP contribution in [0.3, 0.4) is 0 Å². The van der Waals surface area contributed by atoms with Crippen molar-refractivity contribution in [1.82, 2.24) is 4.90 Å². The van der Waals surface area contributed by atoms with Gasteiger partial charge in [-0.15, -0.1) is 0 Å². The van der Waals surface area contributed by atoms with E-state index in [0.717, 1.165) is 23.1 Å². The summed E-state index contributed by atoms with van der Waals surface area (Å²) in [6.45, 7) is 2.90. The number of likely N-dealkylation sites (tertiary alicyclic amines) is 1. The van der Waals surface area contributed by atoms with Crippen LogP contribution in [-0.4, -0.2) is 29.5 Å². The molecule has 3 rings (SSSR count). The second-order valence-corrected chi connectivity index (χ2v) is 6.43. The second kappa shape index (κ2) is 8.52. The number of ether oxygens (including phenoxy) is 2. The van der Waals surface area contributed by atoms with Gasteiger partial charge in [0, 0.05) is 6.54 Å². The van der Waals surface area contributed by atoms with Crippen molar-refractivity contribution in [3.05, 3.63) is 71.3 Å². The molecule has 1 saturated heterocycles. The minimum atomic E-state index is -0.567. The number of nitrogens with zero attached hydrogens (tertiary/aromatic N) is 1. The molecule has 0 N–H and O–H groups in total. The molecule has 5 heteroatoms. The van der Waals surface area contributed by atoms with E-state index in [1.54, 1.807) is 0 Å². The highest BCUT2D eigenvalue weighted by Gasteiger charge is 2.36. The summed E-state index contributed by atoms with van der Waals surface area (Å²) in [4.78, 5) is 26.3. The van der Waals surface area contributed by atoms with Gasteiger partial charge in [0.05, 0.1) is 0 Å². The Bertz CT molecular complexity index is 760. The van der Waals surface area contributed by atoms with Crippen molar-refractivity contribution in [1.29, 1.82) is 0 Å². The van der Waals surface area contributed by atoms with E-state index < -0.39 is 12.1 Å². The van der Waals surface area contributed by atoms with Crippen LogP contribution in [0.25, 0.3) is 0 Å². The number of rotatable bonds is 5. The van der Waals surface area contributed by atoms with Gasteiger partial charge in [0.25, 0.3) is 0 Å². The zero-order valence-electron chi connectivity index (χ0n) is 14.9. The molecule has 2 aromatic rings. The van der Waals surface area contributed by atoms with Crippen molar-refractivity contribution in [2.45, 2.75) is 39.0 Å². The van der Waals surface area contributed by atoms with Crippen molar-refractivity contribution >= 4 is 12.1 Å². The molecule has 1 amide bonds. The molecule has 1 fully saturated rings. The van der Waals surface area contributed by atoms with Crippen molar-refractivity contribution in [3.63, 3.8) is 0 Å². The molecule has 1 atom stereocenters. The van der Waals surface area contributed by atoms with E-state index in [-0.39, 0.29) is 19.2 Å². The first-order valence-electron chi connectivity index (χ1n) is 8.83. The summed E-state index contributed by atoms with van der Waals surface area (Å²) in [7, 11) is 0. The van der Waals surface area contributed by atoms with E-state index in [4.69, 9.17) is 9.47 Å². The maximum atomic E-state index is 12.4. The van der Waals surface area contributed by atoms with Crippen molar-refractivity contribution < 1.29 is 19.1 Å². The molecule has 0 bridgehead atoms. The third kappa shape index (κ3) is 4.42. The molecule has 2 aromatic carbocycles. The summed E-state index contributed by atoms with van der Waals surface area (Å²) in [5, 5.41) is 0. The van der Waals surface area contributed by atoms with Crippen LogP contribution in [0, 0.1) is 6.92 Å². The molecular weight excluding hydrogens is 330 g/mol. The number of hydrogen-bond acceptors (Lipinski definition) is 4. The second-order valence-electron chi connectivity index (χ2n) is 6.43. The van der Waals surface area contributed by atoms with Crippen molar-refractivity contribution in [3.8, 4) is 0 Å². The molecule has 5 nitrogen and oxygen atoms in total. The molecule has 26 heavy (non-hydrogen) atoms. The highest BCUT2D eigenvalue weighted by molar-refractivity contribution is 5.82. The van der Waals surface area contributed by atoms with E-state index in [0.29, 0.717) is 13.0 Å². The lowest BCUT2D eigenvalue weighted by atomic mass is 10.1. The Morgan fingerprint density at radius 3 is 2.50 bits per heavy atom. The number of hydrogen-bond donors (Lipinski definition) is 0. The molecule has 136 valence electrons. The molecule has 1 aliphatic heterocycles. The maximum Gasteiger partial charge on any atom is 0.410 e. The zero-order valence-corrected chi connectivity index (χ0v) is 14.9. The summed E-state index contributed by atoms with van der Waals surface area (Å²) < 4.78 is 10.8. The summed E-state index contributed by atoms with van der Waals surface area (Å²) in [5.41, 5.74) is 2.96. The number of carbonyl (C=O) groups is 2. The molecule has 0 unspecified atom stereocenters. The Morgan fingerprint density at radius 2 is 1.73 bits per heavy atom. The Labute approximate surface area is 153 Å². The van der Waals surface area contributed by atoms with Gasteiger partial charge in [0.1, 0.15) is 19.3 Å². The summed E-state index contributed by atoms with van der Waals surface area (Å²) >= 11 is 0. The summed E-state index contributed by atoms with van der Waals surface area (Å²) in [6.07, 6.45) is 0.904. The van der Waals surface area contributed by atoms with E-state index in [1.165, 1.54) is 4.90 Å². The SMILES string of the molecule is Cc1ccccc1COC(=O)[C@H]1CCCN1C(=O)OCc1ccccc1. The Kier molecular flexibility index (Phi) is 5.89. The lowest BCUT2D eigenvalue weighted by Crippen LogP contribution is -2.41. The molecule has 0 radical (unpaired) electrons. The predicted octanol–water partition coefficient (Wildman–Crippen LogP) is 3.84. The highest BCUT2D eigenvalue weighted by Crippen LogP contribution is 2.21. The highest BCUT2D eigenvalue weighted by atomic mass is 16.6. The number of esters is 1. The van der Waals surface area contributed by atoms with Gasteiger partial charge in [-0.25, -0.2) is 9.59 Å². The lowest BCUT2D eigenvalue weighted by Gasteiger charge is -2.22. The van der Waals surface area contributed by atoms with Crippen LogP contribution < -0.4 is 0 Å². The van der Waals surface area contributed by atoms with Crippen LogP contribution in [0.4, 0.5) is 4.79 Å². The lowest BCUT2D eigenvalue weighted by molar-refractivity contribution is -0.149. The number of carbonyl (C=O) groups excluding carboxylic acids is 2. The topological polar surface area (TPSA) is 55.8 Å². The minimum absolute atomic E-state index is 0.196.